The Morgan fingerprint density at radius 2 is 2.11 bits per heavy atom. The van der Waals surface area contributed by atoms with Crippen molar-refractivity contribution in [1.29, 1.82) is 0 Å². The molecule has 18 heavy (non-hydrogen) atoms. The zero-order chi connectivity index (χ0) is 13.0. The van der Waals surface area contributed by atoms with Crippen LogP contribution in [0.25, 0.3) is 11.0 Å². The van der Waals surface area contributed by atoms with E-state index < -0.39 is 0 Å². The maximum atomic E-state index is 5.79. The van der Waals surface area contributed by atoms with E-state index >= 15 is 0 Å². The predicted octanol–water partition coefficient (Wildman–Crippen LogP) is 3.46. The molecule has 0 aliphatic carbocycles. The second-order valence-corrected chi connectivity index (χ2v) is 5.60. The van der Waals surface area contributed by atoms with Crippen LogP contribution in [-0.2, 0) is 6.54 Å². The van der Waals surface area contributed by atoms with Crippen LogP contribution in [0.15, 0.2) is 18.2 Å². The van der Waals surface area contributed by atoms with Gasteiger partial charge in [0.05, 0.1) is 11.0 Å². The Morgan fingerprint density at radius 3 is 2.89 bits per heavy atom. The minimum atomic E-state index is 0.784. The van der Waals surface area contributed by atoms with Crippen molar-refractivity contribution in [3.05, 3.63) is 24.0 Å². The summed E-state index contributed by atoms with van der Waals surface area (Å²) in [6, 6.07) is 5.98. The Labute approximate surface area is 113 Å². The van der Waals surface area contributed by atoms with Gasteiger partial charge in [-0.05, 0) is 50.0 Å². The first-order valence-electron chi connectivity index (χ1n) is 6.43. The van der Waals surface area contributed by atoms with Crippen LogP contribution in [0, 0.1) is 6.92 Å². The highest BCUT2D eigenvalue weighted by Gasteiger charge is 2.06. The van der Waals surface area contributed by atoms with Gasteiger partial charge >= 0.3 is 0 Å². The number of nitrogens with two attached hydrogens (primary N) is 1. The van der Waals surface area contributed by atoms with Crippen LogP contribution in [0.2, 0.25) is 0 Å². The molecule has 0 saturated heterocycles. The molecular weight excluding hydrogens is 242 g/mol. The number of anilines is 1. The fourth-order valence-electron chi connectivity index (χ4n) is 2.24. The van der Waals surface area contributed by atoms with Crippen molar-refractivity contribution in [2.75, 3.05) is 17.7 Å². The highest BCUT2D eigenvalue weighted by molar-refractivity contribution is 7.98. The van der Waals surface area contributed by atoms with E-state index in [-0.39, 0.29) is 0 Å². The number of imidazole rings is 1. The van der Waals surface area contributed by atoms with Gasteiger partial charge in [0, 0.05) is 12.2 Å². The SMILES string of the molecule is CSCCCCCn1c(C)nc2cc(N)ccc21. The van der Waals surface area contributed by atoms with Gasteiger partial charge in [-0.2, -0.15) is 11.8 Å². The van der Waals surface area contributed by atoms with Crippen LogP contribution < -0.4 is 5.73 Å². The average Bonchev–Trinajstić information content (AvgIpc) is 2.64. The van der Waals surface area contributed by atoms with Crippen molar-refractivity contribution < 1.29 is 0 Å². The number of aryl methyl sites for hydroxylation is 2. The fourth-order valence-corrected chi connectivity index (χ4v) is 2.74. The fraction of sp³-hybridized carbons (Fsp3) is 0.500. The first kappa shape index (κ1) is 13.3. The topological polar surface area (TPSA) is 43.8 Å². The summed E-state index contributed by atoms with van der Waals surface area (Å²) in [7, 11) is 0. The zero-order valence-corrected chi connectivity index (χ0v) is 12.0. The summed E-state index contributed by atoms with van der Waals surface area (Å²) in [6.45, 7) is 3.12. The Balaban J connectivity index is 2.05. The molecule has 0 aliphatic rings. The molecule has 1 heterocycles. The van der Waals surface area contributed by atoms with Crippen LogP contribution in [0.5, 0.6) is 0 Å². The average molecular weight is 263 g/mol. The van der Waals surface area contributed by atoms with Crippen molar-refractivity contribution in [3.63, 3.8) is 0 Å². The number of fused-ring (bicyclic) bond motifs is 1. The Kier molecular flexibility index (Phi) is 4.53. The van der Waals surface area contributed by atoms with Crippen molar-refractivity contribution >= 4 is 28.5 Å². The number of nitrogen functional groups attached to an aromatic ring is 1. The van der Waals surface area contributed by atoms with Crippen LogP contribution in [0.3, 0.4) is 0 Å². The van der Waals surface area contributed by atoms with E-state index in [9.17, 15) is 0 Å². The van der Waals surface area contributed by atoms with Crippen LogP contribution in [-0.4, -0.2) is 21.6 Å². The van der Waals surface area contributed by atoms with Gasteiger partial charge in [0.25, 0.3) is 0 Å². The van der Waals surface area contributed by atoms with Crippen molar-refractivity contribution in [1.82, 2.24) is 9.55 Å². The molecule has 2 N–H and O–H groups in total. The van der Waals surface area contributed by atoms with Crippen LogP contribution in [0.4, 0.5) is 5.69 Å². The summed E-state index contributed by atoms with van der Waals surface area (Å²) in [5.74, 6) is 2.35. The minimum Gasteiger partial charge on any atom is -0.399 e. The highest BCUT2D eigenvalue weighted by atomic mass is 32.2. The molecule has 98 valence electrons. The number of thioether (sulfide) groups is 1. The smallest absolute Gasteiger partial charge is 0.106 e. The Hall–Kier alpha value is -1.16. The third-order valence-corrected chi connectivity index (χ3v) is 3.89. The van der Waals surface area contributed by atoms with Gasteiger partial charge in [0.15, 0.2) is 0 Å². The second kappa shape index (κ2) is 6.14. The zero-order valence-electron chi connectivity index (χ0n) is 11.1. The number of aromatic nitrogens is 2. The lowest BCUT2D eigenvalue weighted by Gasteiger charge is -2.06. The summed E-state index contributed by atoms with van der Waals surface area (Å²) in [5, 5.41) is 0. The molecule has 2 rings (SSSR count). The highest BCUT2D eigenvalue weighted by Crippen LogP contribution is 2.19. The van der Waals surface area contributed by atoms with Crippen molar-refractivity contribution in [2.45, 2.75) is 32.7 Å². The maximum Gasteiger partial charge on any atom is 0.106 e. The third-order valence-electron chi connectivity index (χ3n) is 3.19. The van der Waals surface area contributed by atoms with Crippen molar-refractivity contribution in [2.24, 2.45) is 0 Å². The molecule has 0 radical (unpaired) electrons. The number of hydrogen-bond donors (Lipinski definition) is 1. The molecule has 0 atom stereocenters. The van der Waals surface area contributed by atoms with Gasteiger partial charge < -0.3 is 10.3 Å². The number of rotatable bonds is 6. The lowest BCUT2D eigenvalue weighted by molar-refractivity contribution is 0.604. The largest absolute Gasteiger partial charge is 0.399 e. The molecule has 0 saturated carbocycles. The van der Waals surface area contributed by atoms with Gasteiger partial charge in [-0.3, -0.25) is 0 Å². The molecule has 1 aromatic heterocycles. The third kappa shape index (κ3) is 2.99. The van der Waals surface area contributed by atoms with Crippen molar-refractivity contribution in [3.8, 4) is 0 Å². The molecule has 3 nitrogen and oxygen atoms in total. The number of hydrogen-bond acceptors (Lipinski definition) is 3. The summed E-state index contributed by atoms with van der Waals surface area (Å²) in [4.78, 5) is 4.57. The normalized spacial score (nSPS) is 11.2. The Bertz CT molecular complexity index is 519. The summed E-state index contributed by atoms with van der Waals surface area (Å²) < 4.78 is 2.30. The minimum absolute atomic E-state index is 0.784. The Morgan fingerprint density at radius 1 is 1.28 bits per heavy atom. The quantitative estimate of drug-likeness (QED) is 0.641. The van der Waals surface area contributed by atoms with E-state index in [1.54, 1.807) is 0 Å². The van der Waals surface area contributed by atoms with E-state index in [2.05, 4.69) is 28.8 Å². The molecule has 0 fully saturated rings. The van der Waals surface area contributed by atoms with E-state index in [1.807, 2.05) is 23.9 Å². The first-order chi connectivity index (χ1) is 8.72. The van der Waals surface area contributed by atoms with Crippen LogP contribution >= 0.6 is 11.8 Å². The molecule has 1 aromatic carbocycles. The molecule has 4 heteroatoms. The molecule has 0 aliphatic heterocycles. The molecular formula is C14H21N3S. The van der Waals surface area contributed by atoms with Gasteiger partial charge in [-0.25, -0.2) is 4.98 Å². The first-order valence-corrected chi connectivity index (χ1v) is 7.83. The maximum absolute atomic E-state index is 5.79. The van der Waals surface area contributed by atoms with E-state index in [0.29, 0.717) is 0 Å². The van der Waals surface area contributed by atoms with Gasteiger partial charge in [-0.15, -0.1) is 0 Å². The number of benzene rings is 1. The van der Waals surface area contributed by atoms with Crippen LogP contribution in [0.1, 0.15) is 25.1 Å². The summed E-state index contributed by atoms with van der Waals surface area (Å²) >= 11 is 1.92. The number of unbranched alkanes of at least 4 members (excludes halogenated alkanes) is 2. The van der Waals surface area contributed by atoms with E-state index in [0.717, 1.165) is 23.6 Å². The monoisotopic (exact) mass is 263 g/mol. The standard InChI is InChI=1S/C14H21N3S/c1-11-16-13-10-12(15)6-7-14(13)17(11)8-4-3-5-9-18-2/h6-7,10H,3-5,8-9,15H2,1-2H3. The molecule has 0 bridgehead atoms. The van der Waals surface area contributed by atoms with E-state index in [4.69, 9.17) is 5.73 Å². The lowest BCUT2D eigenvalue weighted by atomic mass is 10.2. The van der Waals surface area contributed by atoms with Gasteiger partial charge in [0.1, 0.15) is 5.82 Å². The molecule has 0 unspecified atom stereocenters. The van der Waals surface area contributed by atoms with E-state index in [1.165, 1.54) is 30.5 Å². The number of nitrogens with zero attached hydrogens (tertiary/aromatic N) is 2. The second-order valence-electron chi connectivity index (χ2n) is 4.61. The molecule has 2 aromatic rings. The summed E-state index contributed by atoms with van der Waals surface area (Å²) in [5.41, 5.74) is 8.78. The molecule has 0 spiro atoms. The van der Waals surface area contributed by atoms with Gasteiger partial charge in [-0.1, -0.05) is 6.42 Å². The lowest BCUT2D eigenvalue weighted by Crippen LogP contribution is -2.00. The summed E-state index contributed by atoms with van der Waals surface area (Å²) in [6.07, 6.45) is 5.98. The predicted molar refractivity (Wildman–Crippen MR) is 81.1 cm³/mol. The van der Waals surface area contributed by atoms with Gasteiger partial charge in [0.2, 0.25) is 0 Å². The molecule has 0 amide bonds.